The fourth-order valence-corrected chi connectivity index (χ4v) is 2.13. The maximum absolute atomic E-state index is 12.9. The topological polar surface area (TPSA) is 75.7 Å². The fourth-order valence-electron chi connectivity index (χ4n) is 1.93. The number of benzene rings is 1. The van der Waals surface area contributed by atoms with Crippen molar-refractivity contribution in [3.8, 4) is 0 Å². The Morgan fingerprint density at radius 2 is 1.91 bits per heavy atom. The molecule has 0 aliphatic heterocycles. The van der Waals surface area contributed by atoms with Gasteiger partial charge in [-0.15, -0.1) is 10.2 Å². The molecular weight excluding hydrogens is 315 g/mol. The molecule has 0 fully saturated rings. The van der Waals surface area contributed by atoms with Crippen LogP contribution in [-0.4, -0.2) is 25.8 Å². The van der Waals surface area contributed by atoms with E-state index in [0.29, 0.717) is 18.0 Å². The Hall–Kier alpha value is -2.80. The Kier molecular flexibility index (Phi) is 4.29. The van der Waals surface area contributed by atoms with Gasteiger partial charge in [0.15, 0.2) is 0 Å². The third kappa shape index (κ3) is 3.51. The van der Waals surface area contributed by atoms with Crippen molar-refractivity contribution in [2.45, 2.75) is 6.42 Å². The second-order valence-corrected chi connectivity index (χ2v) is 5.13. The second-order valence-electron chi connectivity index (χ2n) is 4.72. The van der Waals surface area contributed by atoms with Crippen molar-refractivity contribution in [1.29, 1.82) is 5.41 Å². The number of hydrogen-bond donors (Lipinski definition) is 1. The number of nitrogens with one attached hydrogen (secondary N) is 1. The first kappa shape index (κ1) is 15.1. The molecule has 0 atom stereocenters. The highest BCUT2D eigenvalue weighted by Crippen LogP contribution is 2.11. The van der Waals surface area contributed by atoms with Crippen molar-refractivity contribution in [3.63, 3.8) is 0 Å². The zero-order valence-corrected chi connectivity index (χ0v) is 12.7. The quantitative estimate of drug-likeness (QED) is 0.443. The predicted molar refractivity (Wildman–Crippen MR) is 86.3 cm³/mol. The molecule has 0 unspecified atom stereocenters. The monoisotopic (exact) mass is 326 g/mol. The van der Waals surface area contributed by atoms with E-state index in [-0.39, 0.29) is 22.3 Å². The van der Waals surface area contributed by atoms with Crippen LogP contribution < -0.4 is 0 Å². The van der Waals surface area contributed by atoms with E-state index in [1.807, 2.05) is 0 Å². The fraction of sp³-hybridized carbons (Fsp3) is 0.0625. The highest BCUT2D eigenvalue weighted by Gasteiger charge is 2.18. The minimum absolute atomic E-state index is 0.0396. The SMILES string of the molecule is N=C(C(=S)c1ccccn1)c1nnc(Cc2ccc(F)cc2)o1. The molecule has 0 radical (unpaired) electrons. The van der Waals surface area contributed by atoms with E-state index in [1.54, 1.807) is 36.5 Å². The van der Waals surface area contributed by atoms with Crippen molar-refractivity contribution in [2.75, 3.05) is 0 Å². The van der Waals surface area contributed by atoms with Crippen LogP contribution in [-0.2, 0) is 6.42 Å². The molecule has 2 heterocycles. The molecule has 5 nitrogen and oxygen atoms in total. The average molecular weight is 326 g/mol. The van der Waals surface area contributed by atoms with Gasteiger partial charge in [0.1, 0.15) is 11.5 Å². The molecule has 0 saturated carbocycles. The standard InChI is InChI=1S/C16H11FN4OS/c17-11-6-4-10(5-7-11)9-13-20-21-16(22-13)14(18)15(23)12-3-1-2-8-19-12/h1-8,18H,9H2. The van der Waals surface area contributed by atoms with Gasteiger partial charge in [0, 0.05) is 6.20 Å². The molecule has 1 aromatic carbocycles. The maximum atomic E-state index is 12.9. The number of thiocarbonyl (C=S) groups is 1. The second kappa shape index (κ2) is 6.53. The molecule has 0 aliphatic carbocycles. The molecule has 23 heavy (non-hydrogen) atoms. The van der Waals surface area contributed by atoms with Crippen LogP contribution in [0, 0.1) is 11.2 Å². The van der Waals surface area contributed by atoms with Crippen LogP contribution in [0.3, 0.4) is 0 Å². The minimum atomic E-state index is -0.303. The van der Waals surface area contributed by atoms with Crippen molar-refractivity contribution in [2.24, 2.45) is 0 Å². The van der Waals surface area contributed by atoms with E-state index in [4.69, 9.17) is 22.0 Å². The summed E-state index contributed by atoms with van der Waals surface area (Å²) in [5.74, 6) is 0.0698. The normalized spacial score (nSPS) is 10.5. The van der Waals surface area contributed by atoms with Crippen molar-refractivity contribution in [3.05, 3.63) is 77.5 Å². The van der Waals surface area contributed by atoms with Crippen LogP contribution in [0.25, 0.3) is 0 Å². The van der Waals surface area contributed by atoms with Crippen LogP contribution in [0.2, 0.25) is 0 Å². The molecule has 0 bridgehead atoms. The van der Waals surface area contributed by atoms with Crippen molar-refractivity contribution >= 4 is 22.8 Å². The maximum Gasteiger partial charge on any atom is 0.267 e. The van der Waals surface area contributed by atoms with E-state index < -0.39 is 0 Å². The summed E-state index contributed by atoms with van der Waals surface area (Å²) in [5.41, 5.74) is 1.29. The van der Waals surface area contributed by atoms with Gasteiger partial charge in [-0.05, 0) is 29.8 Å². The lowest BCUT2D eigenvalue weighted by atomic mass is 10.1. The molecule has 3 rings (SSSR count). The number of hydrogen-bond acceptors (Lipinski definition) is 6. The average Bonchev–Trinajstić information content (AvgIpc) is 3.05. The van der Waals surface area contributed by atoms with Gasteiger partial charge in [0.2, 0.25) is 5.89 Å². The molecule has 0 spiro atoms. The first-order chi connectivity index (χ1) is 11.1. The summed E-state index contributed by atoms with van der Waals surface area (Å²) in [5, 5.41) is 15.8. The smallest absolute Gasteiger partial charge is 0.267 e. The summed E-state index contributed by atoms with van der Waals surface area (Å²) >= 11 is 5.22. The largest absolute Gasteiger partial charge is 0.419 e. The molecule has 2 aromatic heterocycles. The summed E-state index contributed by atoms with van der Waals surface area (Å²) in [6, 6.07) is 11.3. The predicted octanol–water partition coefficient (Wildman–Crippen LogP) is 2.98. The van der Waals surface area contributed by atoms with Gasteiger partial charge in [-0.3, -0.25) is 10.4 Å². The van der Waals surface area contributed by atoms with E-state index in [9.17, 15) is 4.39 Å². The van der Waals surface area contributed by atoms with E-state index in [0.717, 1.165) is 5.56 Å². The van der Waals surface area contributed by atoms with Gasteiger partial charge >= 0.3 is 0 Å². The van der Waals surface area contributed by atoms with Crippen LogP contribution in [0.15, 0.2) is 53.1 Å². The zero-order chi connectivity index (χ0) is 16.2. The van der Waals surface area contributed by atoms with Crippen LogP contribution in [0.1, 0.15) is 23.0 Å². The van der Waals surface area contributed by atoms with E-state index in [1.165, 1.54) is 12.1 Å². The van der Waals surface area contributed by atoms with Crippen LogP contribution in [0.4, 0.5) is 4.39 Å². The molecule has 1 N–H and O–H groups in total. The highest BCUT2D eigenvalue weighted by molar-refractivity contribution is 7.82. The lowest BCUT2D eigenvalue weighted by Gasteiger charge is -2.00. The summed E-state index contributed by atoms with van der Waals surface area (Å²) < 4.78 is 18.4. The van der Waals surface area contributed by atoms with Gasteiger partial charge in [-0.1, -0.05) is 30.4 Å². The van der Waals surface area contributed by atoms with Gasteiger partial charge < -0.3 is 4.42 Å². The Labute approximate surface area is 136 Å². The Balaban J connectivity index is 1.75. The van der Waals surface area contributed by atoms with Gasteiger partial charge in [0.05, 0.1) is 17.0 Å². The van der Waals surface area contributed by atoms with Crippen molar-refractivity contribution in [1.82, 2.24) is 15.2 Å². The summed E-state index contributed by atoms with van der Waals surface area (Å²) in [7, 11) is 0. The number of aromatic nitrogens is 3. The van der Waals surface area contributed by atoms with Crippen LogP contribution in [0.5, 0.6) is 0 Å². The molecule has 0 saturated heterocycles. The molecule has 114 valence electrons. The number of nitrogens with zero attached hydrogens (tertiary/aromatic N) is 3. The first-order valence-electron chi connectivity index (χ1n) is 6.75. The molecular formula is C16H11FN4OS. The number of halogens is 1. The number of rotatable bonds is 5. The summed E-state index contributed by atoms with van der Waals surface area (Å²) in [6.07, 6.45) is 1.96. The van der Waals surface area contributed by atoms with Gasteiger partial charge in [-0.25, -0.2) is 4.39 Å². The van der Waals surface area contributed by atoms with Gasteiger partial charge in [0.25, 0.3) is 5.89 Å². The zero-order valence-electron chi connectivity index (χ0n) is 11.9. The lowest BCUT2D eigenvalue weighted by molar-refractivity contribution is 0.497. The molecule has 0 amide bonds. The Bertz CT molecular complexity index is 846. The third-order valence-corrected chi connectivity index (χ3v) is 3.49. The molecule has 3 aromatic rings. The lowest BCUT2D eigenvalue weighted by Crippen LogP contribution is -2.15. The van der Waals surface area contributed by atoms with E-state index in [2.05, 4.69) is 15.2 Å². The first-order valence-corrected chi connectivity index (χ1v) is 7.16. The highest BCUT2D eigenvalue weighted by atomic mass is 32.1. The Morgan fingerprint density at radius 1 is 1.13 bits per heavy atom. The Morgan fingerprint density at radius 3 is 2.61 bits per heavy atom. The molecule has 0 aliphatic rings. The van der Waals surface area contributed by atoms with Crippen LogP contribution >= 0.6 is 12.2 Å². The third-order valence-electron chi connectivity index (χ3n) is 3.07. The van der Waals surface area contributed by atoms with E-state index >= 15 is 0 Å². The van der Waals surface area contributed by atoms with Crippen molar-refractivity contribution < 1.29 is 8.81 Å². The number of pyridine rings is 1. The summed E-state index contributed by atoms with van der Waals surface area (Å²) in [6.45, 7) is 0. The molecule has 7 heteroatoms. The summed E-state index contributed by atoms with van der Waals surface area (Å²) in [4.78, 5) is 4.34. The minimum Gasteiger partial charge on any atom is -0.419 e. The van der Waals surface area contributed by atoms with Gasteiger partial charge in [-0.2, -0.15) is 0 Å².